The van der Waals surface area contributed by atoms with Crippen LogP contribution in [0.3, 0.4) is 0 Å². The Labute approximate surface area is 289 Å². The first-order valence-electron chi connectivity index (χ1n) is 16.8. The highest BCUT2D eigenvalue weighted by atomic mass is 32.2. The average molecular weight is 699 g/mol. The molecule has 1 fully saturated rings. The Morgan fingerprint density at radius 3 is 2.22 bits per heavy atom. The maximum Gasteiger partial charge on any atom is 0.294 e. The topological polar surface area (TPSA) is 184 Å². The second kappa shape index (κ2) is 19.8. The number of nitrogens with zero attached hydrogens (tertiary/aromatic N) is 4. The Balaban J connectivity index is 0.000000501. The summed E-state index contributed by atoms with van der Waals surface area (Å²) in [5, 5.41) is 18.4. The molecule has 2 atom stereocenters. The molecule has 0 unspecified atom stereocenters. The number of hydroxylamine groups is 1. The fraction of sp³-hybridized carbons (Fsp3) is 0.514. The quantitative estimate of drug-likeness (QED) is 0.101. The van der Waals surface area contributed by atoms with E-state index in [1.54, 1.807) is 23.8 Å². The molecule has 0 radical (unpaired) electrons. The van der Waals surface area contributed by atoms with E-state index >= 15 is 0 Å². The number of amides is 3. The van der Waals surface area contributed by atoms with Gasteiger partial charge >= 0.3 is 0 Å². The van der Waals surface area contributed by atoms with Crippen LogP contribution in [0.1, 0.15) is 82.8 Å². The molecule has 0 saturated heterocycles. The maximum absolute atomic E-state index is 13.7. The average Bonchev–Trinajstić information content (AvgIpc) is 3.59. The number of hydrogen-bond donors (Lipinski definition) is 4. The first-order valence-corrected chi connectivity index (χ1v) is 18.3. The van der Waals surface area contributed by atoms with Crippen LogP contribution < -0.4 is 10.9 Å². The number of aromatic nitrogens is 3. The van der Waals surface area contributed by atoms with Crippen molar-refractivity contribution < 1.29 is 32.6 Å². The van der Waals surface area contributed by atoms with Crippen LogP contribution in [0.5, 0.6) is 0 Å². The van der Waals surface area contributed by atoms with Crippen LogP contribution in [-0.4, -0.2) is 55.9 Å². The summed E-state index contributed by atoms with van der Waals surface area (Å²) in [6.45, 7) is 5.90. The zero-order valence-corrected chi connectivity index (χ0v) is 29.4. The van der Waals surface area contributed by atoms with E-state index in [1.165, 1.54) is 60.1 Å². The van der Waals surface area contributed by atoms with Gasteiger partial charge in [0.2, 0.25) is 11.8 Å². The third-order valence-corrected chi connectivity index (χ3v) is 9.53. The number of carbonyl (C=O) groups excluding carboxylic acids is 3. The van der Waals surface area contributed by atoms with Crippen molar-refractivity contribution in [3.05, 3.63) is 78.1 Å². The maximum atomic E-state index is 13.7. The van der Waals surface area contributed by atoms with Gasteiger partial charge in [0.15, 0.2) is 0 Å². The standard InChI is InChI=1S/C28H42N6O4.C7H8O3S/c1-21(2)18-25(24(28(37)31-38)15-9-14-22-10-5-3-6-11-22)27(36)30-34(19-23-12-7-4-8-13-23)26(35)20-33-17-16-29-32-33;1-6-2-4-7(5-3-6)11(8,9)10/h4,7-8,12-13,16-17,21-22,24-25,38H,3,5-6,9-11,14-15,18-20H2,1-2H3,(H,30,36)(H,31,37);2-5H,1H3,(H,8,9,10)/t24-,25+;/m0./s1. The Hall–Kier alpha value is -4.14. The van der Waals surface area contributed by atoms with Crippen LogP contribution in [0.15, 0.2) is 71.9 Å². The summed E-state index contributed by atoms with van der Waals surface area (Å²) in [7, 11) is -4.02. The minimum Gasteiger partial charge on any atom is -0.289 e. The lowest BCUT2D eigenvalue weighted by Crippen LogP contribution is -2.51. The highest BCUT2D eigenvalue weighted by molar-refractivity contribution is 7.85. The van der Waals surface area contributed by atoms with E-state index in [-0.39, 0.29) is 29.8 Å². The molecule has 0 spiro atoms. The Kier molecular flexibility index (Phi) is 15.8. The fourth-order valence-electron chi connectivity index (χ4n) is 6.09. The van der Waals surface area contributed by atoms with Gasteiger partial charge in [-0.2, -0.15) is 8.42 Å². The second-order valence-corrected chi connectivity index (χ2v) is 14.5. The number of aryl methyl sites for hydroxylation is 1. The van der Waals surface area contributed by atoms with Gasteiger partial charge in [-0.3, -0.25) is 29.6 Å². The molecule has 4 rings (SSSR count). The van der Waals surface area contributed by atoms with Crippen LogP contribution in [-0.2, 0) is 37.6 Å². The van der Waals surface area contributed by atoms with Crippen LogP contribution in [0.25, 0.3) is 0 Å². The normalized spacial score (nSPS) is 14.7. The lowest BCUT2D eigenvalue weighted by molar-refractivity contribution is -0.148. The van der Waals surface area contributed by atoms with Crippen LogP contribution >= 0.6 is 0 Å². The lowest BCUT2D eigenvalue weighted by Gasteiger charge is -2.30. The minimum absolute atomic E-state index is 0.0666. The van der Waals surface area contributed by atoms with E-state index in [1.807, 2.05) is 51.1 Å². The number of hydrogen-bond acceptors (Lipinski definition) is 8. The Morgan fingerprint density at radius 1 is 0.980 bits per heavy atom. The summed E-state index contributed by atoms with van der Waals surface area (Å²) in [5.41, 5.74) is 6.39. The Morgan fingerprint density at radius 2 is 1.65 bits per heavy atom. The molecule has 1 aromatic heterocycles. The van der Waals surface area contributed by atoms with Gasteiger partial charge in [0, 0.05) is 6.20 Å². The van der Waals surface area contributed by atoms with E-state index in [0.29, 0.717) is 18.8 Å². The van der Waals surface area contributed by atoms with Crippen molar-refractivity contribution in [1.82, 2.24) is 30.9 Å². The molecule has 1 saturated carbocycles. The van der Waals surface area contributed by atoms with Gasteiger partial charge in [-0.15, -0.1) is 5.10 Å². The smallest absolute Gasteiger partial charge is 0.289 e. The summed E-state index contributed by atoms with van der Waals surface area (Å²) in [4.78, 5) is 39.7. The van der Waals surface area contributed by atoms with Crippen molar-refractivity contribution in [2.45, 2.75) is 96.5 Å². The molecule has 2 aromatic carbocycles. The molecule has 0 bridgehead atoms. The summed E-state index contributed by atoms with van der Waals surface area (Å²) in [5.74, 6) is -1.94. The van der Waals surface area contributed by atoms with Gasteiger partial charge in [0.05, 0.1) is 29.5 Å². The van der Waals surface area contributed by atoms with Crippen molar-refractivity contribution in [1.29, 1.82) is 0 Å². The zero-order chi connectivity index (χ0) is 35.8. The third kappa shape index (κ3) is 13.7. The molecule has 13 nitrogen and oxygen atoms in total. The zero-order valence-electron chi connectivity index (χ0n) is 28.6. The van der Waals surface area contributed by atoms with Crippen LogP contribution in [0.2, 0.25) is 0 Å². The van der Waals surface area contributed by atoms with Crippen molar-refractivity contribution in [2.24, 2.45) is 23.7 Å². The molecule has 3 aromatic rings. The summed E-state index contributed by atoms with van der Waals surface area (Å²) >= 11 is 0. The first-order chi connectivity index (χ1) is 23.4. The highest BCUT2D eigenvalue weighted by Crippen LogP contribution is 2.31. The molecule has 49 heavy (non-hydrogen) atoms. The number of benzene rings is 2. The second-order valence-electron chi connectivity index (χ2n) is 13.1. The van der Waals surface area contributed by atoms with Crippen LogP contribution in [0.4, 0.5) is 0 Å². The van der Waals surface area contributed by atoms with Gasteiger partial charge in [-0.05, 0) is 49.3 Å². The monoisotopic (exact) mass is 698 g/mol. The molecule has 1 aliphatic carbocycles. The highest BCUT2D eigenvalue weighted by Gasteiger charge is 2.35. The summed E-state index contributed by atoms with van der Waals surface area (Å²) in [6, 6.07) is 15.4. The van der Waals surface area contributed by atoms with E-state index in [4.69, 9.17) is 4.55 Å². The summed E-state index contributed by atoms with van der Waals surface area (Å²) in [6.07, 6.45) is 12.1. The van der Waals surface area contributed by atoms with Crippen molar-refractivity contribution in [2.75, 3.05) is 0 Å². The predicted molar refractivity (Wildman–Crippen MR) is 183 cm³/mol. The van der Waals surface area contributed by atoms with E-state index in [9.17, 15) is 28.0 Å². The molecule has 3 amide bonds. The van der Waals surface area contributed by atoms with E-state index in [2.05, 4.69) is 15.7 Å². The lowest BCUT2D eigenvalue weighted by atomic mass is 9.79. The molecular formula is C35H50N6O7S. The summed E-state index contributed by atoms with van der Waals surface area (Å²) < 4.78 is 30.9. The number of hydrazine groups is 1. The SMILES string of the molecule is CC(C)C[C@@H](C(=O)NN(Cc1ccccc1)C(=O)Cn1ccnn1)[C@H](CCCC1CCCCC1)C(=O)NO.Cc1ccc(S(=O)(=O)O)cc1. The van der Waals surface area contributed by atoms with Gasteiger partial charge in [-0.1, -0.05) is 112 Å². The Bertz CT molecular complexity index is 1540. The molecule has 1 heterocycles. The largest absolute Gasteiger partial charge is 0.294 e. The first kappa shape index (κ1) is 39.3. The molecule has 268 valence electrons. The minimum atomic E-state index is -4.02. The fourth-order valence-corrected chi connectivity index (χ4v) is 6.57. The van der Waals surface area contributed by atoms with Gasteiger partial charge in [0.25, 0.3) is 16.0 Å². The number of nitrogens with one attached hydrogen (secondary N) is 2. The van der Waals surface area contributed by atoms with E-state index in [0.717, 1.165) is 24.0 Å². The van der Waals surface area contributed by atoms with Crippen LogP contribution in [0, 0.1) is 30.6 Å². The van der Waals surface area contributed by atoms with Crippen molar-refractivity contribution in [3.63, 3.8) is 0 Å². The van der Waals surface area contributed by atoms with Gasteiger partial charge in [-0.25, -0.2) is 15.2 Å². The number of rotatable bonds is 14. The molecular weight excluding hydrogens is 648 g/mol. The molecule has 0 aliphatic heterocycles. The van der Waals surface area contributed by atoms with Gasteiger partial charge < -0.3 is 0 Å². The van der Waals surface area contributed by atoms with Crippen molar-refractivity contribution in [3.8, 4) is 0 Å². The van der Waals surface area contributed by atoms with E-state index < -0.39 is 33.8 Å². The third-order valence-electron chi connectivity index (χ3n) is 8.66. The number of carbonyl (C=O) groups is 3. The molecule has 4 N–H and O–H groups in total. The molecule has 1 aliphatic rings. The van der Waals surface area contributed by atoms with Crippen molar-refractivity contribution >= 4 is 27.8 Å². The predicted octanol–water partition coefficient (Wildman–Crippen LogP) is 5.11. The van der Waals surface area contributed by atoms with Gasteiger partial charge in [0.1, 0.15) is 6.54 Å². The molecule has 14 heteroatoms.